The second-order valence-electron chi connectivity index (χ2n) is 6.78. The van der Waals surface area contributed by atoms with E-state index in [1.165, 1.54) is 12.8 Å². The summed E-state index contributed by atoms with van der Waals surface area (Å²) in [5.41, 5.74) is 0.489. The fourth-order valence-corrected chi connectivity index (χ4v) is 3.05. The Hall–Kier alpha value is -2.43. The lowest BCUT2D eigenvalue weighted by atomic mass is 9.91. The lowest BCUT2D eigenvalue weighted by Gasteiger charge is -2.49. The van der Waals surface area contributed by atoms with Crippen LogP contribution in [-0.2, 0) is 0 Å². The molecule has 1 N–H and O–H groups in total. The standard InChI is InChI=1S/C18H20N4O/c1-18(21-17(23)14-5-3-2-4-6-14)11-22(12-18)15-9-10-19-16(20-15)13-7-8-13/h2-6,9-10,13H,7-8,11-12H2,1H3,(H,21,23). The van der Waals surface area contributed by atoms with E-state index in [0.717, 1.165) is 24.7 Å². The molecule has 4 rings (SSSR count). The number of amides is 1. The fraction of sp³-hybridized carbons (Fsp3) is 0.389. The van der Waals surface area contributed by atoms with Gasteiger partial charge in [0.05, 0.1) is 5.54 Å². The molecule has 0 bridgehead atoms. The molecule has 2 aliphatic rings. The second-order valence-corrected chi connectivity index (χ2v) is 6.78. The Bertz CT molecular complexity index is 721. The highest BCUT2D eigenvalue weighted by atomic mass is 16.1. The van der Waals surface area contributed by atoms with Crippen molar-refractivity contribution in [2.24, 2.45) is 0 Å². The molecule has 1 amide bonds. The minimum Gasteiger partial charge on any atom is -0.352 e. The molecule has 118 valence electrons. The molecule has 2 aromatic rings. The first kappa shape index (κ1) is 14.2. The molecule has 0 atom stereocenters. The van der Waals surface area contributed by atoms with E-state index in [4.69, 9.17) is 0 Å². The minimum atomic E-state index is -0.211. The molecule has 1 aliphatic carbocycles. The van der Waals surface area contributed by atoms with Crippen LogP contribution >= 0.6 is 0 Å². The Morgan fingerprint density at radius 2 is 1.96 bits per heavy atom. The number of benzene rings is 1. The van der Waals surface area contributed by atoms with Crippen LogP contribution in [0.5, 0.6) is 0 Å². The SMILES string of the molecule is CC1(NC(=O)c2ccccc2)CN(c2ccnc(C3CC3)n2)C1. The van der Waals surface area contributed by atoms with Crippen LogP contribution in [0.2, 0.25) is 0 Å². The lowest BCUT2D eigenvalue weighted by Crippen LogP contribution is -2.69. The summed E-state index contributed by atoms with van der Waals surface area (Å²) in [5.74, 6) is 2.47. The van der Waals surface area contributed by atoms with Crippen molar-refractivity contribution >= 4 is 11.7 Å². The van der Waals surface area contributed by atoms with Crippen molar-refractivity contribution in [2.75, 3.05) is 18.0 Å². The van der Waals surface area contributed by atoms with Crippen LogP contribution in [-0.4, -0.2) is 34.5 Å². The zero-order valence-electron chi connectivity index (χ0n) is 13.2. The van der Waals surface area contributed by atoms with Gasteiger partial charge < -0.3 is 10.2 Å². The highest BCUT2D eigenvalue weighted by molar-refractivity contribution is 5.94. The topological polar surface area (TPSA) is 58.1 Å². The Morgan fingerprint density at radius 1 is 1.22 bits per heavy atom. The normalized spacial score (nSPS) is 19.1. The molecule has 1 saturated heterocycles. The molecule has 5 nitrogen and oxygen atoms in total. The third-order valence-corrected chi connectivity index (χ3v) is 4.46. The number of carbonyl (C=O) groups is 1. The molecule has 23 heavy (non-hydrogen) atoms. The number of aromatic nitrogens is 2. The molecule has 1 aromatic heterocycles. The number of hydrogen-bond acceptors (Lipinski definition) is 4. The molecule has 1 aliphatic heterocycles. The van der Waals surface area contributed by atoms with Crippen LogP contribution in [0.15, 0.2) is 42.6 Å². The van der Waals surface area contributed by atoms with Crippen LogP contribution in [0.25, 0.3) is 0 Å². The summed E-state index contributed by atoms with van der Waals surface area (Å²) in [6.07, 6.45) is 4.25. The summed E-state index contributed by atoms with van der Waals surface area (Å²) >= 11 is 0. The average molecular weight is 308 g/mol. The largest absolute Gasteiger partial charge is 0.352 e. The molecule has 0 spiro atoms. The summed E-state index contributed by atoms with van der Waals surface area (Å²) in [5, 5.41) is 3.13. The van der Waals surface area contributed by atoms with E-state index >= 15 is 0 Å². The second kappa shape index (κ2) is 5.33. The van der Waals surface area contributed by atoms with Crippen molar-refractivity contribution < 1.29 is 4.79 Å². The van der Waals surface area contributed by atoms with E-state index in [1.54, 1.807) is 0 Å². The van der Waals surface area contributed by atoms with Crippen molar-refractivity contribution in [1.29, 1.82) is 0 Å². The van der Waals surface area contributed by atoms with Gasteiger partial charge >= 0.3 is 0 Å². The molecule has 1 aromatic carbocycles. The highest BCUT2D eigenvalue weighted by Crippen LogP contribution is 2.38. The van der Waals surface area contributed by atoms with Crippen molar-refractivity contribution in [3.63, 3.8) is 0 Å². The van der Waals surface area contributed by atoms with Gasteiger partial charge in [-0.2, -0.15) is 0 Å². The average Bonchev–Trinajstić information content (AvgIpc) is 3.38. The molecular weight excluding hydrogens is 288 g/mol. The van der Waals surface area contributed by atoms with E-state index in [0.29, 0.717) is 11.5 Å². The predicted molar refractivity (Wildman–Crippen MR) is 88.5 cm³/mol. The summed E-state index contributed by atoms with van der Waals surface area (Å²) in [6, 6.07) is 11.3. The third kappa shape index (κ3) is 2.91. The molecule has 2 heterocycles. The quantitative estimate of drug-likeness (QED) is 0.942. The Morgan fingerprint density at radius 3 is 2.65 bits per heavy atom. The van der Waals surface area contributed by atoms with Crippen LogP contribution < -0.4 is 10.2 Å². The maximum atomic E-state index is 12.3. The van der Waals surface area contributed by atoms with Crippen LogP contribution in [0.3, 0.4) is 0 Å². The van der Waals surface area contributed by atoms with Gasteiger partial charge in [-0.1, -0.05) is 18.2 Å². The van der Waals surface area contributed by atoms with Crippen molar-refractivity contribution in [1.82, 2.24) is 15.3 Å². The van der Waals surface area contributed by atoms with Crippen LogP contribution in [0.1, 0.15) is 41.9 Å². The highest BCUT2D eigenvalue weighted by Gasteiger charge is 2.41. The first-order valence-corrected chi connectivity index (χ1v) is 8.08. The summed E-state index contributed by atoms with van der Waals surface area (Å²) in [6.45, 7) is 3.62. The number of rotatable bonds is 4. The molecule has 0 unspecified atom stereocenters. The Kier molecular flexibility index (Phi) is 3.29. The van der Waals surface area contributed by atoms with Crippen LogP contribution in [0, 0.1) is 0 Å². The summed E-state index contributed by atoms with van der Waals surface area (Å²) in [4.78, 5) is 23.5. The Balaban J connectivity index is 1.40. The van der Waals surface area contributed by atoms with Gasteiger partial charge in [0.15, 0.2) is 0 Å². The van der Waals surface area contributed by atoms with E-state index in [1.807, 2.05) is 42.6 Å². The lowest BCUT2D eigenvalue weighted by molar-refractivity contribution is 0.0889. The molecule has 2 fully saturated rings. The first-order valence-electron chi connectivity index (χ1n) is 8.08. The summed E-state index contributed by atoms with van der Waals surface area (Å²) in [7, 11) is 0. The van der Waals surface area contributed by atoms with Gasteiger partial charge in [-0.3, -0.25) is 4.79 Å². The number of hydrogen-bond donors (Lipinski definition) is 1. The molecular formula is C18H20N4O. The molecule has 0 radical (unpaired) electrons. The third-order valence-electron chi connectivity index (χ3n) is 4.46. The Labute approximate surface area is 135 Å². The first-order chi connectivity index (χ1) is 11.1. The van der Waals surface area contributed by atoms with Crippen molar-refractivity contribution in [2.45, 2.75) is 31.2 Å². The number of anilines is 1. The van der Waals surface area contributed by atoms with Gasteiger partial charge in [0.2, 0.25) is 0 Å². The van der Waals surface area contributed by atoms with Crippen molar-refractivity contribution in [3.8, 4) is 0 Å². The fourth-order valence-electron chi connectivity index (χ4n) is 3.05. The number of nitrogens with one attached hydrogen (secondary N) is 1. The van der Waals surface area contributed by atoms with Gasteiger partial charge in [-0.25, -0.2) is 9.97 Å². The molecule has 1 saturated carbocycles. The van der Waals surface area contributed by atoms with Gasteiger partial charge in [-0.05, 0) is 38.0 Å². The zero-order valence-corrected chi connectivity index (χ0v) is 13.2. The number of nitrogens with zero attached hydrogens (tertiary/aromatic N) is 3. The number of carbonyl (C=O) groups excluding carboxylic acids is 1. The van der Waals surface area contributed by atoms with Crippen LogP contribution in [0.4, 0.5) is 5.82 Å². The van der Waals surface area contributed by atoms with Gasteiger partial charge in [-0.15, -0.1) is 0 Å². The van der Waals surface area contributed by atoms with E-state index in [2.05, 4.69) is 27.1 Å². The monoisotopic (exact) mass is 308 g/mol. The maximum Gasteiger partial charge on any atom is 0.251 e. The minimum absolute atomic E-state index is 0.0193. The van der Waals surface area contributed by atoms with E-state index in [9.17, 15) is 4.79 Å². The van der Waals surface area contributed by atoms with E-state index < -0.39 is 0 Å². The predicted octanol–water partition coefficient (Wildman–Crippen LogP) is 2.36. The van der Waals surface area contributed by atoms with E-state index in [-0.39, 0.29) is 11.4 Å². The van der Waals surface area contributed by atoms with Gasteiger partial charge in [0.1, 0.15) is 11.6 Å². The molecule has 5 heteroatoms. The van der Waals surface area contributed by atoms with Gasteiger partial charge in [0.25, 0.3) is 5.91 Å². The zero-order chi connectivity index (χ0) is 15.9. The maximum absolute atomic E-state index is 12.3. The van der Waals surface area contributed by atoms with Crippen molar-refractivity contribution in [3.05, 3.63) is 54.0 Å². The van der Waals surface area contributed by atoms with Gasteiger partial charge in [0, 0.05) is 30.8 Å². The summed E-state index contributed by atoms with van der Waals surface area (Å²) < 4.78 is 0. The smallest absolute Gasteiger partial charge is 0.251 e.